The molecule has 116 valence electrons. The summed E-state index contributed by atoms with van der Waals surface area (Å²) in [7, 11) is 0. The lowest BCUT2D eigenvalue weighted by atomic mass is 10.1. The maximum Gasteiger partial charge on any atom is 0.241 e. The van der Waals surface area contributed by atoms with Crippen molar-refractivity contribution in [2.75, 3.05) is 39.3 Å². The normalized spacial score (nSPS) is 15.9. The molecule has 1 aliphatic heterocycles. The molecule has 0 bridgehead atoms. The maximum atomic E-state index is 11.7. The van der Waals surface area contributed by atoms with Crippen LogP contribution in [0.5, 0.6) is 0 Å². The van der Waals surface area contributed by atoms with Crippen LogP contribution in [0.2, 0.25) is 0 Å². The first kappa shape index (κ1) is 16.9. The average molecular weight is 285 g/mol. The topological polar surface area (TPSA) is 70.7 Å². The Morgan fingerprint density at radius 2 is 1.90 bits per heavy atom. The standard InChI is InChI=1S/C14H27N3O3/c1-3-17(4-2)14(19)11-16-13(18)7-10-20-12-5-8-15-9-6-12/h12,15H,3-11H2,1-2H3,(H,16,18). The third-order valence-electron chi connectivity index (χ3n) is 3.52. The van der Waals surface area contributed by atoms with Gasteiger partial charge in [0.05, 0.1) is 19.3 Å². The molecule has 1 rings (SSSR count). The van der Waals surface area contributed by atoms with Crippen LogP contribution in [0.15, 0.2) is 0 Å². The van der Waals surface area contributed by atoms with Crippen molar-refractivity contribution in [1.29, 1.82) is 0 Å². The van der Waals surface area contributed by atoms with Gasteiger partial charge in [0.15, 0.2) is 0 Å². The zero-order valence-corrected chi connectivity index (χ0v) is 12.6. The van der Waals surface area contributed by atoms with E-state index in [0.29, 0.717) is 26.1 Å². The predicted octanol–water partition coefficient (Wildman–Crippen LogP) is 0.130. The first-order valence-corrected chi connectivity index (χ1v) is 7.54. The third kappa shape index (κ3) is 6.34. The summed E-state index contributed by atoms with van der Waals surface area (Å²) >= 11 is 0. The monoisotopic (exact) mass is 285 g/mol. The second-order valence-corrected chi connectivity index (χ2v) is 4.91. The molecular weight excluding hydrogens is 258 g/mol. The largest absolute Gasteiger partial charge is 0.378 e. The highest BCUT2D eigenvalue weighted by molar-refractivity contribution is 5.84. The van der Waals surface area contributed by atoms with Crippen LogP contribution in [-0.4, -0.2) is 62.1 Å². The van der Waals surface area contributed by atoms with Crippen LogP contribution in [-0.2, 0) is 14.3 Å². The minimum absolute atomic E-state index is 0.0392. The zero-order valence-electron chi connectivity index (χ0n) is 12.6. The summed E-state index contributed by atoms with van der Waals surface area (Å²) in [4.78, 5) is 25.0. The molecular formula is C14H27N3O3. The summed E-state index contributed by atoms with van der Waals surface area (Å²) in [6, 6.07) is 0. The minimum atomic E-state index is -0.126. The Kier molecular flexibility index (Phi) is 8.22. The molecule has 2 N–H and O–H groups in total. The van der Waals surface area contributed by atoms with Gasteiger partial charge in [-0.3, -0.25) is 9.59 Å². The summed E-state index contributed by atoms with van der Waals surface area (Å²) in [6.07, 6.45) is 2.58. The number of nitrogens with zero attached hydrogens (tertiary/aromatic N) is 1. The summed E-state index contributed by atoms with van der Waals surface area (Å²) in [6.45, 7) is 7.66. The Bertz CT molecular complexity index is 300. The highest BCUT2D eigenvalue weighted by Crippen LogP contribution is 2.07. The molecule has 1 fully saturated rings. The second-order valence-electron chi connectivity index (χ2n) is 4.91. The molecule has 0 radical (unpaired) electrons. The van der Waals surface area contributed by atoms with Gasteiger partial charge in [-0.05, 0) is 39.8 Å². The summed E-state index contributed by atoms with van der Waals surface area (Å²) in [5, 5.41) is 5.91. The first-order chi connectivity index (χ1) is 9.67. The van der Waals surface area contributed by atoms with Gasteiger partial charge >= 0.3 is 0 Å². The van der Waals surface area contributed by atoms with Gasteiger partial charge in [-0.1, -0.05) is 0 Å². The van der Waals surface area contributed by atoms with Crippen molar-refractivity contribution in [2.24, 2.45) is 0 Å². The number of likely N-dealkylation sites (N-methyl/N-ethyl adjacent to an activating group) is 1. The van der Waals surface area contributed by atoms with Crippen molar-refractivity contribution in [3.8, 4) is 0 Å². The highest BCUT2D eigenvalue weighted by Gasteiger charge is 2.14. The van der Waals surface area contributed by atoms with E-state index in [0.717, 1.165) is 25.9 Å². The Morgan fingerprint density at radius 1 is 1.25 bits per heavy atom. The lowest BCUT2D eigenvalue weighted by molar-refractivity contribution is -0.133. The number of carbonyl (C=O) groups excluding carboxylic acids is 2. The average Bonchev–Trinajstić information content (AvgIpc) is 2.47. The molecule has 6 heteroatoms. The van der Waals surface area contributed by atoms with Gasteiger partial charge in [-0.2, -0.15) is 0 Å². The van der Waals surface area contributed by atoms with Crippen molar-refractivity contribution < 1.29 is 14.3 Å². The van der Waals surface area contributed by atoms with Gasteiger partial charge in [0.25, 0.3) is 0 Å². The molecule has 0 saturated carbocycles. The molecule has 1 saturated heterocycles. The van der Waals surface area contributed by atoms with E-state index in [1.807, 2.05) is 13.8 Å². The van der Waals surface area contributed by atoms with E-state index < -0.39 is 0 Å². The molecule has 20 heavy (non-hydrogen) atoms. The van der Waals surface area contributed by atoms with Gasteiger partial charge in [0.2, 0.25) is 11.8 Å². The van der Waals surface area contributed by atoms with Crippen molar-refractivity contribution in [1.82, 2.24) is 15.5 Å². The Morgan fingerprint density at radius 3 is 2.50 bits per heavy atom. The first-order valence-electron chi connectivity index (χ1n) is 7.54. The Balaban J connectivity index is 2.09. The Labute approximate surface area is 121 Å². The quantitative estimate of drug-likeness (QED) is 0.665. The molecule has 1 heterocycles. The van der Waals surface area contributed by atoms with E-state index in [9.17, 15) is 9.59 Å². The summed E-state index contributed by atoms with van der Waals surface area (Å²) < 4.78 is 5.65. The number of hydrogen-bond acceptors (Lipinski definition) is 4. The van der Waals surface area contributed by atoms with Gasteiger partial charge in [-0.15, -0.1) is 0 Å². The maximum absolute atomic E-state index is 11.7. The number of amides is 2. The summed E-state index contributed by atoms with van der Waals surface area (Å²) in [5.74, 6) is -0.165. The van der Waals surface area contributed by atoms with Crippen LogP contribution < -0.4 is 10.6 Å². The fourth-order valence-corrected chi connectivity index (χ4v) is 2.23. The number of rotatable bonds is 8. The van der Waals surface area contributed by atoms with Gasteiger partial charge in [-0.25, -0.2) is 0 Å². The molecule has 0 unspecified atom stereocenters. The Hall–Kier alpha value is -1.14. The SMILES string of the molecule is CCN(CC)C(=O)CNC(=O)CCOC1CCNCC1. The number of carbonyl (C=O) groups is 2. The molecule has 0 aromatic carbocycles. The van der Waals surface area contributed by atoms with Gasteiger partial charge < -0.3 is 20.3 Å². The molecule has 0 atom stereocenters. The molecule has 2 amide bonds. The zero-order chi connectivity index (χ0) is 14.8. The van der Waals surface area contributed by atoms with E-state index in [2.05, 4.69) is 10.6 Å². The van der Waals surface area contributed by atoms with Crippen LogP contribution >= 0.6 is 0 Å². The van der Waals surface area contributed by atoms with Crippen molar-refractivity contribution >= 4 is 11.8 Å². The summed E-state index contributed by atoms with van der Waals surface area (Å²) in [5.41, 5.74) is 0. The van der Waals surface area contributed by atoms with Crippen LogP contribution in [0.25, 0.3) is 0 Å². The molecule has 0 spiro atoms. The molecule has 1 aliphatic rings. The molecule has 0 aromatic heterocycles. The molecule has 0 aromatic rings. The smallest absolute Gasteiger partial charge is 0.241 e. The third-order valence-corrected chi connectivity index (χ3v) is 3.52. The van der Waals surface area contributed by atoms with Crippen LogP contribution in [0.1, 0.15) is 33.1 Å². The molecule has 0 aliphatic carbocycles. The second kappa shape index (κ2) is 9.72. The van der Waals surface area contributed by atoms with E-state index in [1.165, 1.54) is 0 Å². The lowest BCUT2D eigenvalue weighted by Crippen LogP contribution is -2.40. The van der Waals surface area contributed by atoms with Crippen molar-refractivity contribution in [3.63, 3.8) is 0 Å². The van der Waals surface area contributed by atoms with E-state index in [1.54, 1.807) is 4.90 Å². The number of hydrogen-bond donors (Lipinski definition) is 2. The fourth-order valence-electron chi connectivity index (χ4n) is 2.23. The lowest BCUT2D eigenvalue weighted by Gasteiger charge is -2.22. The van der Waals surface area contributed by atoms with Crippen molar-refractivity contribution in [3.05, 3.63) is 0 Å². The highest BCUT2D eigenvalue weighted by atomic mass is 16.5. The van der Waals surface area contributed by atoms with E-state index in [4.69, 9.17) is 4.74 Å². The van der Waals surface area contributed by atoms with E-state index in [-0.39, 0.29) is 24.5 Å². The van der Waals surface area contributed by atoms with Crippen LogP contribution in [0.3, 0.4) is 0 Å². The van der Waals surface area contributed by atoms with Crippen LogP contribution in [0.4, 0.5) is 0 Å². The van der Waals surface area contributed by atoms with E-state index >= 15 is 0 Å². The predicted molar refractivity (Wildman–Crippen MR) is 77.4 cm³/mol. The fraction of sp³-hybridized carbons (Fsp3) is 0.857. The molecule has 6 nitrogen and oxygen atoms in total. The van der Waals surface area contributed by atoms with Gasteiger partial charge in [0, 0.05) is 19.5 Å². The van der Waals surface area contributed by atoms with Gasteiger partial charge in [0.1, 0.15) is 0 Å². The number of ether oxygens (including phenoxy) is 1. The minimum Gasteiger partial charge on any atom is -0.378 e. The van der Waals surface area contributed by atoms with Crippen molar-refractivity contribution in [2.45, 2.75) is 39.2 Å². The number of nitrogens with one attached hydrogen (secondary N) is 2. The number of piperidine rings is 1. The van der Waals surface area contributed by atoms with Crippen LogP contribution in [0, 0.1) is 0 Å².